The van der Waals surface area contributed by atoms with E-state index in [1.165, 1.54) is 18.3 Å². The van der Waals surface area contributed by atoms with E-state index in [0.29, 0.717) is 18.1 Å². The predicted molar refractivity (Wildman–Crippen MR) is 70.1 cm³/mol. The van der Waals surface area contributed by atoms with Gasteiger partial charge >= 0.3 is 5.97 Å². The number of hydrogen-bond acceptors (Lipinski definition) is 3. The van der Waals surface area contributed by atoms with Crippen LogP contribution in [0.1, 0.15) is 38.5 Å². The van der Waals surface area contributed by atoms with Crippen LogP contribution in [0.25, 0.3) is 0 Å². The van der Waals surface area contributed by atoms with Gasteiger partial charge in [0, 0.05) is 6.42 Å². The number of hydrogen-bond donors (Lipinski definition) is 1. The maximum atomic E-state index is 11.1. The molecule has 0 saturated carbocycles. The molecule has 0 aromatic rings. The van der Waals surface area contributed by atoms with Crippen molar-refractivity contribution in [3.05, 3.63) is 35.1 Å². The molecule has 98 valence electrons. The predicted octanol–water partition coefficient (Wildman–Crippen LogP) is 3.44. The van der Waals surface area contributed by atoms with Crippen molar-refractivity contribution >= 4 is 5.97 Å². The highest BCUT2D eigenvalue weighted by Gasteiger charge is 2.21. The highest BCUT2D eigenvalue weighted by atomic mass is 16.5. The molecular weight excluding hydrogens is 228 g/mol. The van der Waals surface area contributed by atoms with Crippen LogP contribution in [-0.4, -0.2) is 18.2 Å². The van der Waals surface area contributed by atoms with Crippen molar-refractivity contribution in [2.45, 2.75) is 38.5 Å². The molecule has 1 atom stereocenters. The van der Waals surface area contributed by atoms with E-state index in [0.717, 1.165) is 32.1 Å². The van der Waals surface area contributed by atoms with Crippen molar-refractivity contribution in [2.24, 2.45) is 5.92 Å². The van der Waals surface area contributed by atoms with E-state index in [9.17, 15) is 9.90 Å². The van der Waals surface area contributed by atoms with Gasteiger partial charge in [0.2, 0.25) is 0 Å². The van der Waals surface area contributed by atoms with Crippen LogP contribution in [0.2, 0.25) is 0 Å². The van der Waals surface area contributed by atoms with E-state index in [1.807, 2.05) is 12.2 Å². The second-order valence-corrected chi connectivity index (χ2v) is 5.03. The zero-order valence-corrected chi connectivity index (χ0v) is 10.8. The first kappa shape index (κ1) is 12.9. The lowest BCUT2D eigenvalue weighted by molar-refractivity contribution is -0.140. The summed E-state index contributed by atoms with van der Waals surface area (Å²) in [7, 11) is 1.44. The van der Waals surface area contributed by atoms with Crippen LogP contribution in [0.3, 0.4) is 0 Å². The number of methoxy groups -OCH3 is 1. The van der Waals surface area contributed by atoms with Gasteiger partial charge in [-0.2, -0.15) is 0 Å². The molecule has 2 aliphatic carbocycles. The fraction of sp³-hybridized carbons (Fsp3) is 0.533. The van der Waals surface area contributed by atoms with Gasteiger partial charge in [-0.1, -0.05) is 11.6 Å². The molecule has 3 nitrogen and oxygen atoms in total. The van der Waals surface area contributed by atoms with Crippen molar-refractivity contribution in [3.8, 4) is 0 Å². The van der Waals surface area contributed by atoms with Crippen LogP contribution in [0.15, 0.2) is 35.1 Å². The summed E-state index contributed by atoms with van der Waals surface area (Å²) in [4.78, 5) is 11.1. The second kappa shape index (κ2) is 5.89. The van der Waals surface area contributed by atoms with E-state index in [-0.39, 0.29) is 5.97 Å². The average molecular weight is 248 g/mol. The molecule has 0 amide bonds. The molecule has 0 heterocycles. The molecule has 3 heteroatoms. The SMILES string of the molecule is COC(=O)CCC1CCC2=C(CC=CC(O)=C2)C1. The number of carbonyl (C=O) groups excluding carboxylic acids is 1. The third kappa shape index (κ3) is 3.25. The zero-order chi connectivity index (χ0) is 13.0. The number of aliphatic hydroxyl groups excluding tert-OH is 1. The Kier molecular flexibility index (Phi) is 4.24. The quantitative estimate of drug-likeness (QED) is 0.778. The first-order chi connectivity index (χ1) is 8.69. The molecule has 2 rings (SSSR count). The van der Waals surface area contributed by atoms with Crippen LogP contribution in [0.5, 0.6) is 0 Å². The number of rotatable bonds is 3. The molecule has 0 spiro atoms. The van der Waals surface area contributed by atoms with E-state index in [2.05, 4.69) is 4.74 Å². The molecule has 0 fully saturated rings. The number of esters is 1. The van der Waals surface area contributed by atoms with E-state index >= 15 is 0 Å². The Morgan fingerprint density at radius 3 is 3.17 bits per heavy atom. The molecule has 1 unspecified atom stereocenters. The number of aliphatic hydroxyl groups is 1. The summed E-state index contributed by atoms with van der Waals surface area (Å²) < 4.78 is 4.68. The molecule has 0 aromatic heterocycles. The molecule has 0 bridgehead atoms. The van der Waals surface area contributed by atoms with Gasteiger partial charge in [-0.3, -0.25) is 4.79 Å². The van der Waals surface area contributed by atoms with E-state index in [4.69, 9.17) is 0 Å². The maximum Gasteiger partial charge on any atom is 0.305 e. The van der Waals surface area contributed by atoms with Crippen LogP contribution < -0.4 is 0 Å². The summed E-state index contributed by atoms with van der Waals surface area (Å²) in [6, 6.07) is 0. The lowest BCUT2D eigenvalue weighted by Gasteiger charge is -2.25. The van der Waals surface area contributed by atoms with Gasteiger partial charge in [0.15, 0.2) is 0 Å². The highest BCUT2D eigenvalue weighted by Crippen LogP contribution is 2.36. The van der Waals surface area contributed by atoms with Crippen molar-refractivity contribution < 1.29 is 14.6 Å². The van der Waals surface area contributed by atoms with Gasteiger partial charge in [-0.25, -0.2) is 0 Å². The molecule has 2 aliphatic rings. The smallest absolute Gasteiger partial charge is 0.305 e. The summed E-state index contributed by atoms with van der Waals surface area (Å²) >= 11 is 0. The normalized spacial score (nSPS) is 23.2. The van der Waals surface area contributed by atoms with Gasteiger partial charge in [0.05, 0.1) is 7.11 Å². The number of ether oxygens (including phenoxy) is 1. The van der Waals surface area contributed by atoms with Gasteiger partial charge in [0.1, 0.15) is 5.76 Å². The van der Waals surface area contributed by atoms with Crippen molar-refractivity contribution in [1.82, 2.24) is 0 Å². The third-order valence-electron chi connectivity index (χ3n) is 3.77. The lowest BCUT2D eigenvalue weighted by atomic mass is 9.80. The Morgan fingerprint density at radius 2 is 2.39 bits per heavy atom. The van der Waals surface area contributed by atoms with E-state index < -0.39 is 0 Å². The molecule has 0 aliphatic heterocycles. The molecule has 1 N–H and O–H groups in total. The lowest BCUT2D eigenvalue weighted by Crippen LogP contribution is -2.12. The Morgan fingerprint density at radius 1 is 1.56 bits per heavy atom. The summed E-state index contributed by atoms with van der Waals surface area (Å²) in [5.41, 5.74) is 2.70. The zero-order valence-electron chi connectivity index (χ0n) is 10.8. The van der Waals surface area contributed by atoms with Crippen LogP contribution in [-0.2, 0) is 9.53 Å². The van der Waals surface area contributed by atoms with Gasteiger partial charge in [-0.15, -0.1) is 0 Å². The van der Waals surface area contributed by atoms with Gasteiger partial charge < -0.3 is 9.84 Å². The summed E-state index contributed by atoms with van der Waals surface area (Å²) in [5, 5.41) is 9.58. The highest BCUT2D eigenvalue weighted by molar-refractivity contribution is 5.69. The average Bonchev–Trinajstić information content (AvgIpc) is 2.56. The van der Waals surface area contributed by atoms with E-state index in [1.54, 1.807) is 6.08 Å². The van der Waals surface area contributed by atoms with Crippen molar-refractivity contribution in [1.29, 1.82) is 0 Å². The van der Waals surface area contributed by atoms with Crippen LogP contribution in [0, 0.1) is 5.92 Å². The second-order valence-electron chi connectivity index (χ2n) is 5.03. The first-order valence-electron chi connectivity index (χ1n) is 6.54. The minimum atomic E-state index is -0.118. The van der Waals surface area contributed by atoms with Crippen molar-refractivity contribution in [2.75, 3.05) is 7.11 Å². The Hall–Kier alpha value is -1.51. The van der Waals surface area contributed by atoms with Crippen LogP contribution >= 0.6 is 0 Å². The van der Waals surface area contributed by atoms with Gasteiger partial charge in [-0.05, 0) is 55.7 Å². The summed E-state index contributed by atoms with van der Waals surface area (Å²) in [5.74, 6) is 0.811. The maximum absolute atomic E-state index is 11.1. The standard InChI is InChI=1S/C15H20O3/c1-18-15(17)8-6-11-5-7-13-10-14(16)4-2-3-12(13)9-11/h2,4,10-11,16H,3,5-9H2,1H3. The van der Waals surface area contributed by atoms with Crippen molar-refractivity contribution in [3.63, 3.8) is 0 Å². The first-order valence-corrected chi connectivity index (χ1v) is 6.54. The number of allylic oxidation sites excluding steroid dienone is 5. The Labute approximate surface area is 108 Å². The molecular formula is C15H20O3. The molecule has 0 saturated heterocycles. The monoisotopic (exact) mass is 248 g/mol. The van der Waals surface area contributed by atoms with Gasteiger partial charge in [0.25, 0.3) is 0 Å². The molecule has 0 radical (unpaired) electrons. The minimum absolute atomic E-state index is 0.118. The van der Waals surface area contributed by atoms with Crippen LogP contribution in [0.4, 0.5) is 0 Å². The summed E-state index contributed by atoms with van der Waals surface area (Å²) in [6.07, 6.45) is 11.1. The Balaban J connectivity index is 1.95. The molecule has 18 heavy (non-hydrogen) atoms. The third-order valence-corrected chi connectivity index (χ3v) is 3.77. The fourth-order valence-corrected chi connectivity index (χ4v) is 2.73. The summed E-state index contributed by atoms with van der Waals surface area (Å²) in [6.45, 7) is 0. The molecule has 0 aromatic carbocycles. The number of carbonyl (C=O) groups is 1. The Bertz CT molecular complexity index is 415. The largest absolute Gasteiger partial charge is 0.508 e. The topological polar surface area (TPSA) is 46.5 Å². The minimum Gasteiger partial charge on any atom is -0.508 e. The fourth-order valence-electron chi connectivity index (χ4n) is 2.73.